The van der Waals surface area contributed by atoms with E-state index in [2.05, 4.69) is 162 Å². The van der Waals surface area contributed by atoms with Crippen LogP contribution in [0.1, 0.15) is 0 Å². The Kier molecular flexibility index (Phi) is 6.22. The van der Waals surface area contributed by atoms with Gasteiger partial charge in [0.05, 0.1) is 22.2 Å². The molecule has 3 aromatic heterocycles. The summed E-state index contributed by atoms with van der Waals surface area (Å²) >= 11 is 0. The number of hydrogen-bond donors (Lipinski definition) is 0. The summed E-state index contributed by atoms with van der Waals surface area (Å²) in [5.74, 6) is 0.676. The predicted octanol–water partition coefficient (Wildman–Crippen LogP) is 12.8. The monoisotopic (exact) mass is 663 g/mol. The molecule has 11 aromatic rings. The van der Waals surface area contributed by atoms with Gasteiger partial charge in [-0.05, 0) is 82.6 Å². The standard InChI is InChI=1S/C48H29N3O/c1-3-12-30(13-4-1)47-39-27-31-14-7-8-15-32(31)29-41(39)49-48(50-47)37-19-11-21-45-46(37)40-28-34(23-25-44(40)52-45)33-22-24-43-38(26-33)36-18-9-10-20-42(36)51(43)35-16-5-2-6-17-35/h1-29H. The molecule has 0 radical (unpaired) electrons. The molecular weight excluding hydrogens is 635 g/mol. The van der Waals surface area contributed by atoms with Gasteiger partial charge in [-0.2, -0.15) is 0 Å². The summed E-state index contributed by atoms with van der Waals surface area (Å²) in [4.78, 5) is 10.5. The Morgan fingerprint density at radius 2 is 1.12 bits per heavy atom. The van der Waals surface area contributed by atoms with Gasteiger partial charge in [-0.15, -0.1) is 0 Å². The minimum atomic E-state index is 0.676. The molecule has 52 heavy (non-hydrogen) atoms. The molecule has 0 atom stereocenters. The van der Waals surface area contributed by atoms with Gasteiger partial charge < -0.3 is 8.98 Å². The van der Waals surface area contributed by atoms with Crippen LogP contribution in [-0.2, 0) is 0 Å². The lowest BCUT2D eigenvalue weighted by Gasteiger charge is -2.11. The van der Waals surface area contributed by atoms with E-state index in [4.69, 9.17) is 14.4 Å². The minimum Gasteiger partial charge on any atom is -0.456 e. The summed E-state index contributed by atoms with van der Waals surface area (Å²) in [6.45, 7) is 0. The second kappa shape index (κ2) is 11.2. The third-order valence-electron chi connectivity index (χ3n) is 10.4. The number of hydrogen-bond acceptors (Lipinski definition) is 3. The molecule has 0 fully saturated rings. The van der Waals surface area contributed by atoms with Gasteiger partial charge in [0.2, 0.25) is 0 Å². The van der Waals surface area contributed by atoms with E-state index >= 15 is 0 Å². The molecule has 11 rings (SSSR count). The second-order valence-corrected chi connectivity index (χ2v) is 13.4. The smallest absolute Gasteiger partial charge is 0.161 e. The first-order valence-corrected chi connectivity index (χ1v) is 17.6. The molecule has 0 spiro atoms. The van der Waals surface area contributed by atoms with Gasteiger partial charge >= 0.3 is 0 Å². The van der Waals surface area contributed by atoms with Crippen molar-refractivity contribution in [2.75, 3.05) is 0 Å². The zero-order valence-electron chi connectivity index (χ0n) is 28.0. The first kappa shape index (κ1) is 28.8. The summed E-state index contributed by atoms with van der Waals surface area (Å²) in [6.07, 6.45) is 0. The van der Waals surface area contributed by atoms with Crippen molar-refractivity contribution in [3.63, 3.8) is 0 Å². The number of fused-ring (bicyclic) bond motifs is 8. The summed E-state index contributed by atoms with van der Waals surface area (Å²) in [5.41, 5.74) is 11.3. The second-order valence-electron chi connectivity index (χ2n) is 13.4. The van der Waals surface area contributed by atoms with Gasteiger partial charge in [0.15, 0.2) is 5.82 Å². The molecule has 0 amide bonds. The fourth-order valence-electron chi connectivity index (χ4n) is 7.95. The lowest BCUT2D eigenvalue weighted by molar-refractivity contribution is 0.669. The number of furan rings is 1. The number of aromatic nitrogens is 3. The van der Waals surface area contributed by atoms with Gasteiger partial charge in [-0.3, -0.25) is 0 Å². The fourth-order valence-corrected chi connectivity index (χ4v) is 7.95. The van der Waals surface area contributed by atoms with Gasteiger partial charge in [0.1, 0.15) is 11.2 Å². The van der Waals surface area contributed by atoms with Crippen molar-refractivity contribution in [1.29, 1.82) is 0 Å². The van der Waals surface area contributed by atoms with E-state index in [1.165, 1.54) is 27.2 Å². The fraction of sp³-hybridized carbons (Fsp3) is 0. The molecule has 0 bridgehead atoms. The molecule has 0 saturated heterocycles. The maximum atomic E-state index is 6.49. The Labute approximate surface area is 298 Å². The van der Waals surface area contributed by atoms with Crippen LogP contribution in [0, 0.1) is 0 Å². The van der Waals surface area contributed by atoms with Gasteiger partial charge in [-0.25, -0.2) is 9.97 Å². The van der Waals surface area contributed by atoms with Crippen molar-refractivity contribution in [2.45, 2.75) is 0 Å². The van der Waals surface area contributed by atoms with Crippen LogP contribution in [0.3, 0.4) is 0 Å². The predicted molar refractivity (Wildman–Crippen MR) is 215 cm³/mol. The van der Waals surface area contributed by atoms with E-state index in [0.717, 1.165) is 71.9 Å². The van der Waals surface area contributed by atoms with Gasteiger partial charge in [-0.1, -0.05) is 115 Å². The lowest BCUT2D eigenvalue weighted by Crippen LogP contribution is -1.96. The van der Waals surface area contributed by atoms with Crippen molar-refractivity contribution >= 4 is 65.4 Å². The van der Waals surface area contributed by atoms with Crippen LogP contribution in [0.5, 0.6) is 0 Å². The molecule has 0 aliphatic carbocycles. The first-order valence-electron chi connectivity index (χ1n) is 17.6. The minimum absolute atomic E-state index is 0.676. The Morgan fingerprint density at radius 1 is 0.423 bits per heavy atom. The first-order chi connectivity index (χ1) is 25.8. The van der Waals surface area contributed by atoms with Crippen LogP contribution in [0.2, 0.25) is 0 Å². The van der Waals surface area contributed by atoms with Crippen LogP contribution in [-0.4, -0.2) is 14.5 Å². The highest BCUT2D eigenvalue weighted by atomic mass is 16.3. The SMILES string of the molecule is c1ccc(-c2nc(-c3cccc4oc5ccc(-c6ccc7c(c6)c6ccccc6n7-c6ccccc6)cc5c34)nc3cc4ccccc4cc23)cc1. The Hall–Kier alpha value is -7.04. The quantitative estimate of drug-likeness (QED) is 0.176. The third kappa shape index (κ3) is 4.41. The van der Waals surface area contributed by atoms with Crippen LogP contribution >= 0.6 is 0 Å². The van der Waals surface area contributed by atoms with E-state index in [9.17, 15) is 0 Å². The molecule has 0 unspecified atom stereocenters. The van der Waals surface area contributed by atoms with E-state index in [1.807, 2.05) is 18.2 Å². The number of nitrogens with zero attached hydrogens (tertiary/aromatic N) is 3. The molecule has 0 aliphatic rings. The zero-order valence-corrected chi connectivity index (χ0v) is 28.0. The summed E-state index contributed by atoms with van der Waals surface area (Å²) in [5, 5.41) is 7.86. The Balaban J connectivity index is 1.12. The van der Waals surface area contributed by atoms with E-state index in [0.29, 0.717) is 5.82 Å². The lowest BCUT2D eigenvalue weighted by atomic mass is 9.98. The van der Waals surface area contributed by atoms with Gasteiger partial charge in [0.25, 0.3) is 0 Å². The zero-order chi connectivity index (χ0) is 34.2. The summed E-state index contributed by atoms with van der Waals surface area (Å²) < 4.78 is 8.84. The van der Waals surface area contributed by atoms with Crippen LogP contribution < -0.4 is 0 Å². The summed E-state index contributed by atoms with van der Waals surface area (Å²) in [7, 11) is 0. The van der Waals surface area contributed by atoms with Crippen molar-refractivity contribution < 1.29 is 4.42 Å². The molecule has 242 valence electrons. The highest BCUT2D eigenvalue weighted by molar-refractivity contribution is 6.14. The van der Waals surface area contributed by atoms with E-state index < -0.39 is 0 Å². The highest BCUT2D eigenvalue weighted by Crippen LogP contribution is 2.41. The van der Waals surface area contributed by atoms with Crippen LogP contribution in [0.4, 0.5) is 0 Å². The Bertz CT molecular complexity index is 3180. The third-order valence-corrected chi connectivity index (χ3v) is 10.4. The molecule has 0 aliphatic heterocycles. The van der Waals surface area contributed by atoms with E-state index in [-0.39, 0.29) is 0 Å². The average Bonchev–Trinajstić information content (AvgIpc) is 3.75. The summed E-state index contributed by atoms with van der Waals surface area (Å²) in [6, 6.07) is 62.0. The average molecular weight is 664 g/mol. The maximum Gasteiger partial charge on any atom is 0.161 e. The molecule has 3 heterocycles. The number of rotatable bonds is 4. The topological polar surface area (TPSA) is 43.9 Å². The largest absolute Gasteiger partial charge is 0.456 e. The molecular formula is C48H29N3O. The van der Waals surface area contributed by atoms with Crippen molar-refractivity contribution in [3.8, 4) is 39.5 Å². The molecule has 4 heteroatoms. The highest BCUT2D eigenvalue weighted by Gasteiger charge is 2.19. The number of para-hydroxylation sites is 2. The normalized spacial score (nSPS) is 11.8. The molecule has 0 saturated carbocycles. The van der Waals surface area contributed by atoms with Crippen molar-refractivity contribution in [3.05, 3.63) is 176 Å². The van der Waals surface area contributed by atoms with Crippen LogP contribution in [0.15, 0.2) is 180 Å². The van der Waals surface area contributed by atoms with Crippen molar-refractivity contribution in [2.24, 2.45) is 0 Å². The van der Waals surface area contributed by atoms with E-state index in [1.54, 1.807) is 0 Å². The Morgan fingerprint density at radius 3 is 1.96 bits per heavy atom. The molecule has 8 aromatic carbocycles. The van der Waals surface area contributed by atoms with Crippen LogP contribution in [0.25, 0.3) is 105 Å². The maximum absolute atomic E-state index is 6.49. The molecule has 0 N–H and O–H groups in total. The molecule has 4 nitrogen and oxygen atoms in total. The van der Waals surface area contributed by atoms with Gasteiger partial charge in [0, 0.05) is 43.7 Å². The van der Waals surface area contributed by atoms with Crippen molar-refractivity contribution in [1.82, 2.24) is 14.5 Å². The number of benzene rings is 8.